The molecule has 0 saturated heterocycles. The summed E-state index contributed by atoms with van der Waals surface area (Å²) < 4.78 is 0. The number of thioether (sulfide) groups is 1. The molecule has 1 aromatic carbocycles. The van der Waals surface area contributed by atoms with E-state index in [0.717, 1.165) is 0 Å². The van der Waals surface area contributed by atoms with Crippen molar-refractivity contribution >= 4 is 17.8 Å². The number of benzene rings is 1. The second-order valence-electron chi connectivity index (χ2n) is 2.96. The molecular weight excluding hydrogens is 176 g/mol. The van der Waals surface area contributed by atoms with Crippen molar-refractivity contribution in [1.29, 1.82) is 0 Å². The largest absolute Gasteiger partial charge is 0.130 e. The minimum absolute atomic E-state index is 1.17. The lowest BCUT2D eigenvalue weighted by Gasteiger charge is -1.96. The summed E-state index contributed by atoms with van der Waals surface area (Å²) in [5, 5.41) is 0. The van der Waals surface area contributed by atoms with E-state index in [2.05, 4.69) is 49.6 Å². The normalized spacial score (nSPS) is 10.9. The van der Waals surface area contributed by atoms with Crippen LogP contribution in [0.3, 0.4) is 0 Å². The van der Waals surface area contributed by atoms with Gasteiger partial charge in [0.2, 0.25) is 0 Å². The summed E-state index contributed by atoms with van der Waals surface area (Å²) in [6.07, 6.45) is 8.91. The molecule has 0 heterocycles. The molecule has 0 atom stereocenters. The summed E-state index contributed by atoms with van der Waals surface area (Å²) in [6, 6.07) is 8.66. The second kappa shape index (κ2) is 5.87. The third-order valence-corrected chi connectivity index (χ3v) is 2.63. The predicted molar refractivity (Wildman–Crippen MR) is 62.2 cm³/mol. The van der Waals surface area contributed by atoms with Crippen LogP contribution in [0, 0.1) is 0 Å². The summed E-state index contributed by atoms with van der Waals surface area (Å²) in [5.74, 6) is 0. The first-order valence-electron chi connectivity index (χ1n) is 4.67. The summed E-state index contributed by atoms with van der Waals surface area (Å²) in [5.41, 5.74) is 1.30. The molecule has 0 aliphatic rings. The van der Waals surface area contributed by atoms with Crippen molar-refractivity contribution in [3.8, 4) is 0 Å². The number of rotatable bonds is 4. The van der Waals surface area contributed by atoms with E-state index in [1.54, 1.807) is 11.8 Å². The molecule has 0 bridgehead atoms. The number of hydrogen-bond acceptors (Lipinski definition) is 1. The van der Waals surface area contributed by atoms with Crippen molar-refractivity contribution < 1.29 is 0 Å². The summed E-state index contributed by atoms with van der Waals surface area (Å²) in [7, 11) is 0. The lowest BCUT2D eigenvalue weighted by Crippen LogP contribution is -1.72. The van der Waals surface area contributed by atoms with Crippen molar-refractivity contribution in [2.75, 3.05) is 6.26 Å². The van der Waals surface area contributed by atoms with Gasteiger partial charge >= 0.3 is 0 Å². The Morgan fingerprint density at radius 3 is 2.46 bits per heavy atom. The molecule has 0 saturated carbocycles. The van der Waals surface area contributed by atoms with Crippen LogP contribution < -0.4 is 0 Å². The van der Waals surface area contributed by atoms with Crippen LogP contribution in [0.2, 0.25) is 0 Å². The Labute approximate surface area is 85.1 Å². The Hall–Kier alpha value is -0.690. The summed E-state index contributed by atoms with van der Waals surface area (Å²) >= 11 is 1.78. The second-order valence-corrected chi connectivity index (χ2v) is 3.84. The molecule has 0 spiro atoms. The first kappa shape index (κ1) is 10.4. The molecule has 0 aliphatic carbocycles. The van der Waals surface area contributed by atoms with Gasteiger partial charge in [-0.1, -0.05) is 37.6 Å². The van der Waals surface area contributed by atoms with Crippen molar-refractivity contribution in [2.45, 2.75) is 24.7 Å². The van der Waals surface area contributed by atoms with Crippen LogP contribution in [-0.2, 0) is 0 Å². The minimum atomic E-state index is 1.17. The van der Waals surface area contributed by atoms with Crippen LogP contribution in [0.5, 0.6) is 0 Å². The fraction of sp³-hybridized carbons (Fsp3) is 0.333. The van der Waals surface area contributed by atoms with E-state index in [9.17, 15) is 0 Å². The lowest BCUT2D eigenvalue weighted by atomic mass is 10.2. The van der Waals surface area contributed by atoms with Crippen molar-refractivity contribution in [2.24, 2.45) is 0 Å². The molecule has 0 aromatic heterocycles. The highest BCUT2D eigenvalue weighted by Gasteiger charge is 1.88. The number of allylic oxidation sites excluding steroid dienone is 1. The van der Waals surface area contributed by atoms with Gasteiger partial charge in [0.15, 0.2) is 0 Å². The van der Waals surface area contributed by atoms with Gasteiger partial charge in [0.05, 0.1) is 0 Å². The van der Waals surface area contributed by atoms with E-state index in [0.29, 0.717) is 0 Å². The van der Waals surface area contributed by atoms with Gasteiger partial charge in [-0.25, -0.2) is 0 Å². The molecule has 0 radical (unpaired) electrons. The molecule has 70 valence electrons. The fourth-order valence-electron chi connectivity index (χ4n) is 1.10. The van der Waals surface area contributed by atoms with Crippen LogP contribution in [0.25, 0.3) is 6.08 Å². The van der Waals surface area contributed by atoms with Gasteiger partial charge < -0.3 is 0 Å². The molecule has 0 N–H and O–H groups in total. The monoisotopic (exact) mass is 192 g/mol. The molecule has 0 nitrogen and oxygen atoms in total. The third kappa shape index (κ3) is 3.69. The molecule has 0 unspecified atom stereocenters. The third-order valence-electron chi connectivity index (χ3n) is 1.88. The van der Waals surface area contributed by atoms with Gasteiger partial charge in [-0.05, 0) is 30.4 Å². The van der Waals surface area contributed by atoms with Gasteiger partial charge in [0, 0.05) is 4.90 Å². The zero-order valence-corrected chi connectivity index (χ0v) is 9.10. The standard InChI is InChI=1S/C12H16S/c1-3-4-5-6-11-7-9-12(13-2)10-8-11/h5-10H,3-4H2,1-2H3/b6-5+. The Kier molecular flexibility index (Phi) is 4.69. The van der Waals surface area contributed by atoms with Gasteiger partial charge in [-0.15, -0.1) is 11.8 Å². The van der Waals surface area contributed by atoms with Crippen LogP contribution >= 0.6 is 11.8 Å². The highest BCUT2D eigenvalue weighted by Crippen LogP contribution is 2.15. The fourth-order valence-corrected chi connectivity index (χ4v) is 1.51. The van der Waals surface area contributed by atoms with E-state index in [4.69, 9.17) is 0 Å². The average Bonchev–Trinajstić information content (AvgIpc) is 2.19. The van der Waals surface area contributed by atoms with Crippen LogP contribution in [0.15, 0.2) is 35.2 Å². The highest BCUT2D eigenvalue weighted by molar-refractivity contribution is 7.98. The Morgan fingerprint density at radius 1 is 1.23 bits per heavy atom. The highest BCUT2D eigenvalue weighted by atomic mass is 32.2. The maximum Gasteiger partial charge on any atom is 0.00695 e. The van der Waals surface area contributed by atoms with E-state index in [1.165, 1.54) is 23.3 Å². The number of unbranched alkanes of at least 4 members (excludes halogenated alkanes) is 1. The quantitative estimate of drug-likeness (QED) is 0.644. The molecule has 1 heteroatoms. The summed E-state index contributed by atoms with van der Waals surface area (Å²) in [6.45, 7) is 2.20. The molecule has 0 fully saturated rings. The van der Waals surface area contributed by atoms with E-state index < -0.39 is 0 Å². The maximum atomic E-state index is 2.23. The average molecular weight is 192 g/mol. The van der Waals surface area contributed by atoms with Crippen molar-refractivity contribution in [3.05, 3.63) is 35.9 Å². The van der Waals surface area contributed by atoms with Gasteiger partial charge in [0.1, 0.15) is 0 Å². The van der Waals surface area contributed by atoms with Gasteiger partial charge in [0.25, 0.3) is 0 Å². The van der Waals surface area contributed by atoms with Crippen molar-refractivity contribution in [3.63, 3.8) is 0 Å². The van der Waals surface area contributed by atoms with Crippen LogP contribution in [0.1, 0.15) is 25.3 Å². The zero-order valence-electron chi connectivity index (χ0n) is 8.29. The first-order chi connectivity index (χ1) is 6.36. The molecule has 13 heavy (non-hydrogen) atoms. The predicted octanol–water partition coefficient (Wildman–Crippen LogP) is 4.22. The van der Waals surface area contributed by atoms with Crippen LogP contribution in [0.4, 0.5) is 0 Å². The van der Waals surface area contributed by atoms with Gasteiger partial charge in [-0.2, -0.15) is 0 Å². The summed E-state index contributed by atoms with van der Waals surface area (Å²) in [4.78, 5) is 1.33. The SMILES string of the molecule is CCC/C=C/c1ccc(SC)cc1. The molecule has 0 amide bonds. The lowest BCUT2D eigenvalue weighted by molar-refractivity contribution is 0.962. The Bertz CT molecular complexity index is 259. The van der Waals surface area contributed by atoms with Crippen molar-refractivity contribution in [1.82, 2.24) is 0 Å². The Balaban J connectivity index is 2.58. The molecule has 1 rings (SSSR count). The van der Waals surface area contributed by atoms with Crippen LogP contribution in [-0.4, -0.2) is 6.26 Å². The van der Waals surface area contributed by atoms with E-state index >= 15 is 0 Å². The zero-order chi connectivity index (χ0) is 9.52. The molecular formula is C12H16S. The Morgan fingerprint density at radius 2 is 1.92 bits per heavy atom. The van der Waals surface area contributed by atoms with E-state index in [-0.39, 0.29) is 0 Å². The topological polar surface area (TPSA) is 0 Å². The minimum Gasteiger partial charge on any atom is -0.130 e. The van der Waals surface area contributed by atoms with E-state index in [1.807, 2.05) is 0 Å². The maximum absolute atomic E-state index is 2.23. The number of hydrogen-bond donors (Lipinski definition) is 0. The van der Waals surface area contributed by atoms with Gasteiger partial charge in [-0.3, -0.25) is 0 Å². The first-order valence-corrected chi connectivity index (χ1v) is 5.90. The molecule has 1 aromatic rings. The molecule has 0 aliphatic heterocycles. The smallest absolute Gasteiger partial charge is 0.00695 e.